The molecule has 0 radical (unpaired) electrons. The highest BCUT2D eigenvalue weighted by molar-refractivity contribution is 5.36. The van der Waals surface area contributed by atoms with Crippen molar-refractivity contribution in [1.29, 1.82) is 0 Å². The summed E-state index contributed by atoms with van der Waals surface area (Å²) in [6, 6.07) is 0. The van der Waals surface area contributed by atoms with Crippen LogP contribution in [-0.2, 0) is 18.9 Å². The molecule has 3 aliphatic heterocycles. The first kappa shape index (κ1) is 31.8. The van der Waals surface area contributed by atoms with Gasteiger partial charge in [-0.1, -0.05) is 34.6 Å². The number of hydrogen-bond donors (Lipinski definition) is 6. The van der Waals surface area contributed by atoms with E-state index >= 15 is 0 Å². The zero-order valence-corrected chi connectivity index (χ0v) is 28.0. The SMILES string of the molecule is C[C@@H]1C[C@H]2O[C@@]3(O[C@@H]2C(C)(C)O)[C@H](O)[C@@]2(C)[C@@H]4CC[C@H]5C(C)(C)[C@@H](O[C@@H]6OC[C@@H](O)[C@H](O)[C@H]6O)CC[C@@]56C[C@@]46C[C@@H](O)[C@]2(C)[C@@H]13. The lowest BCUT2D eigenvalue weighted by Crippen LogP contribution is -2.64. The van der Waals surface area contributed by atoms with E-state index in [1.165, 1.54) is 0 Å². The molecule has 0 aromatic heterocycles. The first-order chi connectivity index (χ1) is 20.8. The molecule has 10 heteroatoms. The molecule has 256 valence electrons. The van der Waals surface area contributed by atoms with E-state index in [2.05, 4.69) is 34.6 Å². The summed E-state index contributed by atoms with van der Waals surface area (Å²) in [7, 11) is 0. The van der Waals surface area contributed by atoms with Crippen molar-refractivity contribution in [2.45, 2.75) is 160 Å². The van der Waals surface area contributed by atoms with Crippen molar-refractivity contribution in [2.24, 2.45) is 50.7 Å². The minimum absolute atomic E-state index is 0.0126. The summed E-state index contributed by atoms with van der Waals surface area (Å²) in [6.07, 6.45) is -1.40. The number of rotatable bonds is 3. The normalized spacial score (nSPS) is 62.7. The molecule has 45 heavy (non-hydrogen) atoms. The van der Waals surface area contributed by atoms with Crippen LogP contribution in [-0.4, -0.2) is 104 Å². The number of hydrogen-bond acceptors (Lipinski definition) is 10. The predicted octanol–water partition coefficient (Wildman–Crippen LogP) is 2.09. The van der Waals surface area contributed by atoms with Crippen molar-refractivity contribution in [3.8, 4) is 0 Å². The van der Waals surface area contributed by atoms with E-state index in [1.807, 2.05) is 0 Å². The van der Waals surface area contributed by atoms with Crippen LogP contribution >= 0.6 is 0 Å². The Hall–Kier alpha value is -0.400. The predicted molar refractivity (Wildman–Crippen MR) is 160 cm³/mol. The molecular formula is C35H56O10. The zero-order chi connectivity index (χ0) is 32.5. The van der Waals surface area contributed by atoms with Crippen molar-refractivity contribution in [3.63, 3.8) is 0 Å². The summed E-state index contributed by atoms with van der Waals surface area (Å²) in [5.41, 5.74) is -2.78. The van der Waals surface area contributed by atoms with Crippen LogP contribution in [0.15, 0.2) is 0 Å². The van der Waals surface area contributed by atoms with Gasteiger partial charge in [0.1, 0.15) is 30.5 Å². The molecule has 0 unspecified atom stereocenters. The van der Waals surface area contributed by atoms with Gasteiger partial charge in [0.2, 0.25) is 0 Å². The highest BCUT2D eigenvalue weighted by atomic mass is 16.8. The summed E-state index contributed by atoms with van der Waals surface area (Å²) in [5.74, 6) is -0.820. The van der Waals surface area contributed by atoms with Crippen LogP contribution in [0, 0.1) is 50.7 Å². The molecule has 3 saturated heterocycles. The Morgan fingerprint density at radius 1 is 0.844 bits per heavy atom. The molecule has 8 aliphatic rings. The van der Waals surface area contributed by atoms with E-state index in [9.17, 15) is 30.6 Å². The third-order valence-electron chi connectivity index (χ3n) is 15.9. The van der Waals surface area contributed by atoms with Gasteiger partial charge in [-0.2, -0.15) is 0 Å². The molecule has 3 spiro atoms. The smallest absolute Gasteiger partial charge is 0.199 e. The average molecular weight is 637 g/mol. The highest BCUT2D eigenvalue weighted by Crippen LogP contribution is 2.90. The zero-order valence-electron chi connectivity index (χ0n) is 28.0. The molecule has 3 heterocycles. The van der Waals surface area contributed by atoms with Gasteiger partial charge in [-0.3, -0.25) is 0 Å². The number of aliphatic hydroxyl groups is 6. The Labute approximate surface area is 266 Å². The van der Waals surface area contributed by atoms with Gasteiger partial charge in [-0.15, -0.1) is 0 Å². The summed E-state index contributed by atoms with van der Waals surface area (Å²) in [4.78, 5) is 0. The number of fused-ring (bicyclic) bond motifs is 4. The molecule has 10 nitrogen and oxygen atoms in total. The van der Waals surface area contributed by atoms with E-state index < -0.39 is 65.1 Å². The van der Waals surface area contributed by atoms with Gasteiger partial charge in [-0.05, 0) is 92.8 Å². The van der Waals surface area contributed by atoms with Crippen LogP contribution in [0.25, 0.3) is 0 Å². The summed E-state index contributed by atoms with van der Waals surface area (Å²) < 4.78 is 25.6. The van der Waals surface area contributed by atoms with Crippen LogP contribution in [0.3, 0.4) is 0 Å². The molecule has 2 bridgehead atoms. The second-order valence-corrected chi connectivity index (χ2v) is 18.4. The summed E-state index contributed by atoms with van der Waals surface area (Å²) >= 11 is 0. The van der Waals surface area contributed by atoms with Gasteiger partial charge < -0.3 is 49.6 Å². The lowest BCUT2D eigenvalue weighted by atomic mass is 9.40. The molecule has 0 aromatic carbocycles. The maximum atomic E-state index is 12.7. The van der Waals surface area contributed by atoms with Crippen molar-refractivity contribution in [2.75, 3.05) is 6.61 Å². The second-order valence-electron chi connectivity index (χ2n) is 18.4. The monoisotopic (exact) mass is 636 g/mol. The first-order valence-corrected chi connectivity index (χ1v) is 17.6. The molecule has 0 amide bonds. The van der Waals surface area contributed by atoms with E-state index in [0.717, 1.165) is 38.5 Å². The molecule has 0 aromatic rings. The van der Waals surface area contributed by atoms with E-state index in [0.29, 0.717) is 12.3 Å². The van der Waals surface area contributed by atoms with Crippen LogP contribution in [0.2, 0.25) is 0 Å². The van der Waals surface area contributed by atoms with E-state index in [1.54, 1.807) is 13.8 Å². The Balaban J connectivity index is 1.12. The van der Waals surface area contributed by atoms with Crippen molar-refractivity contribution < 1.29 is 49.6 Å². The fraction of sp³-hybridized carbons (Fsp3) is 1.00. The Kier molecular flexibility index (Phi) is 6.53. The van der Waals surface area contributed by atoms with Crippen LogP contribution in [0.1, 0.15) is 93.4 Å². The minimum atomic E-state index is -1.32. The summed E-state index contributed by atoms with van der Waals surface area (Å²) in [6.45, 7) is 14.5. The number of aliphatic hydroxyl groups excluding tert-OH is 5. The van der Waals surface area contributed by atoms with Gasteiger partial charge in [0.05, 0.1) is 30.5 Å². The summed E-state index contributed by atoms with van der Waals surface area (Å²) in [5, 5.41) is 67.0. The molecule has 6 N–H and O–H groups in total. The van der Waals surface area contributed by atoms with Gasteiger partial charge in [-0.25, -0.2) is 0 Å². The van der Waals surface area contributed by atoms with Gasteiger partial charge >= 0.3 is 0 Å². The molecule has 5 saturated carbocycles. The Morgan fingerprint density at radius 3 is 2.22 bits per heavy atom. The van der Waals surface area contributed by atoms with Gasteiger partial charge in [0, 0.05) is 16.7 Å². The molecule has 5 aliphatic carbocycles. The first-order valence-electron chi connectivity index (χ1n) is 17.6. The van der Waals surface area contributed by atoms with Crippen molar-refractivity contribution in [3.05, 3.63) is 0 Å². The third kappa shape index (κ3) is 3.51. The van der Waals surface area contributed by atoms with Gasteiger partial charge in [0.15, 0.2) is 12.1 Å². The molecule has 18 atom stereocenters. The maximum Gasteiger partial charge on any atom is 0.199 e. The van der Waals surface area contributed by atoms with E-state index in [-0.39, 0.29) is 52.8 Å². The van der Waals surface area contributed by atoms with Crippen LogP contribution in [0.4, 0.5) is 0 Å². The fourth-order valence-electron chi connectivity index (χ4n) is 14.0. The maximum absolute atomic E-state index is 12.7. The molecule has 8 rings (SSSR count). The Morgan fingerprint density at radius 2 is 1.53 bits per heavy atom. The van der Waals surface area contributed by atoms with Crippen molar-refractivity contribution in [1.82, 2.24) is 0 Å². The van der Waals surface area contributed by atoms with E-state index in [4.69, 9.17) is 18.9 Å². The standard InChI is InChI=1S/C35H56O10/c1-16-12-18-26(30(4,5)41)45-35(44-18)25(16)32(7)21(37)13-34-15-33(34)11-10-22(43-27-24(39)23(38)17(36)14-42-27)29(2,3)19(33)8-9-20(34)31(32,6)28(35)40/h16-28,36-41H,8-15H2,1-7H3/t16-,17-,18-,19+,20+,21-,22+,23+,24-,25-,26+,27+,28-,31-,32-,33-,34+,35+/m1/s1. The average Bonchev–Trinajstić information content (AvgIpc) is 3.44. The lowest BCUT2D eigenvalue weighted by Gasteiger charge is -2.65. The largest absolute Gasteiger partial charge is 0.393 e. The molecular weight excluding hydrogens is 580 g/mol. The number of ether oxygens (including phenoxy) is 4. The topological polar surface area (TPSA) is 158 Å². The third-order valence-corrected chi connectivity index (χ3v) is 15.9. The minimum Gasteiger partial charge on any atom is -0.393 e. The highest BCUT2D eigenvalue weighted by Gasteiger charge is 2.89. The van der Waals surface area contributed by atoms with Crippen LogP contribution in [0.5, 0.6) is 0 Å². The van der Waals surface area contributed by atoms with Gasteiger partial charge in [0.25, 0.3) is 0 Å². The lowest BCUT2D eigenvalue weighted by molar-refractivity contribution is -0.304. The Bertz CT molecular complexity index is 1240. The fourth-order valence-corrected chi connectivity index (χ4v) is 14.0. The molecule has 8 fully saturated rings. The van der Waals surface area contributed by atoms with Crippen LogP contribution < -0.4 is 0 Å². The quantitative estimate of drug-likeness (QED) is 0.254. The second kappa shape index (κ2) is 9.23. The van der Waals surface area contributed by atoms with Crippen molar-refractivity contribution >= 4 is 0 Å².